The number of fused-ring (bicyclic) bond motifs is 1. The van der Waals surface area contributed by atoms with Crippen molar-refractivity contribution in [3.05, 3.63) is 40.7 Å². The largest absolute Gasteiger partial charge is 0.302 e. The molecule has 1 N–H and O–H groups in total. The van der Waals surface area contributed by atoms with Crippen molar-refractivity contribution in [1.82, 2.24) is 9.29 Å². The minimum Gasteiger partial charge on any atom is -0.302 e. The van der Waals surface area contributed by atoms with Crippen LogP contribution in [0.3, 0.4) is 0 Å². The molecule has 2 aromatic rings. The van der Waals surface area contributed by atoms with Gasteiger partial charge in [-0.25, -0.2) is 17.8 Å². The van der Waals surface area contributed by atoms with Crippen molar-refractivity contribution in [1.29, 1.82) is 0 Å². The van der Waals surface area contributed by atoms with E-state index in [4.69, 9.17) is 0 Å². The molecule has 122 valence electrons. The SMILES string of the molecule is CC(=O)Nc1nc2c(s1)CN(S(=O)(=O)c1ccccc1F)CC2. The van der Waals surface area contributed by atoms with Gasteiger partial charge in [-0.05, 0) is 12.1 Å². The standard InChI is InChI=1S/C14H14FN3O3S2/c1-9(19)16-14-17-11-6-7-18(8-12(11)22-14)23(20,21)13-5-3-2-4-10(13)15/h2-5H,6-8H2,1H3,(H,16,17,19). The molecule has 6 nitrogen and oxygen atoms in total. The lowest BCUT2D eigenvalue weighted by atomic mass is 10.2. The van der Waals surface area contributed by atoms with Crippen LogP contribution in [-0.2, 0) is 27.8 Å². The first-order chi connectivity index (χ1) is 10.9. The first-order valence-electron chi connectivity index (χ1n) is 6.89. The number of hydrogen-bond acceptors (Lipinski definition) is 5. The molecule has 0 aliphatic carbocycles. The zero-order chi connectivity index (χ0) is 16.6. The third-order valence-electron chi connectivity index (χ3n) is 3.43. The second-order valence-electron chi connectivity index (χ2n) is 5.09. The number of amides is 1. The molecule has 0 unspecified atom stereocenters. The second kappa shape index (κ2) is 5.99. The average molecular weight is 355 g/mol. The Hall–Kier alpha value is -1.84. The minimum absolute atomic E-state index is 0.128. The van der Waals surface area contributed by atoms with E-state index in [9.17, 15) is 17.6 Å². The topological polar surface area (TPSA) is 79.4 Å². The van der Waals surface area contributed by atoms with Gasteiger partial charge in [0.1, 0.15) is 10.7 Å². The van der Waals surface area contributed by atoms with Gasteiger partial charge in [0.05, 0.1) is 12.2 Å². The molecule has 0 fully saturated rings. The van der Waals surface area contributed by atoms with Crippen LogP contribution in [0.4, 0.5) is 9.52 Å². The Morgan fingerprint density at radius 3 is 2.83 bits per heavy atom. The van der Waals surface area contributed by atoms with Crippen molar-refractivity contribution in [2.75, 3.05) is 11.9 Å². The van der Waals surface area contributed by atoms with Crippen molar-refractivity contribution >= 4 is 32.4 Å². The van der Waals surface area contributed by atoms with E-state index >= 15 is 0 Å². The Kier molecular flexibility index (Phi) is 4.17. The summed E-state index contributed by atoms with van der Waals surface area (Å²) in [5, 5.41) is 3.05. The van der Waals surface area contributed by atoms with Crippen LogP contribution in [0.2, 0.25) is 0 Å². The van der Waals surface area contributed by atoms with Crippen LogP contribution in [0.25, 0.3) is 0 Å². The Morgan fingerprint density at radius 1 is 1.39 bits per heavy atom. The van der Waals surface area contributed by atoms with Crippen molar-refractivity contribution in [3.8, 4) is 0 Å². The van der Waals surface area contributed by atoms with Gasteiger partial charge in [-0.2, -0.15) is 4.31 Å². The van der Waals surface area contributed by atoms with Crippen molar-refractivity contribution in [2.24, 2.45) is 0 Å². The molecule has 2 heterocycles. The molecule has 23 heavy (non-hydrogen) atoms. The van der Waals surface area contributed by atoms with Gasteiger partial charge in [0, 0.05) is 24.8 Å². The molecule has 0 bridgehead atoms. The lowest BCUT2D eigenvalue weighted by Crippen LogP contribution is -2.35. The van der Waals surface area contributed by atoms with Crippen LogP contribution < -0.4 is 5.32 Å². The van der Waals surface area contributed by atoms with E-state index in [1.165, 1.54) is 40.8 Å². The zero-order valence-corrected chi connectivity index (χ0v) is 13.9. The number of nitrogens with one attached hydrogen (secondary N) is 1. The molecule has 9 heteroatoms. The Labute approximate surface area is 137 Å². The summed E-state index contributed by atoms with van der Waals surface area (Å²) in [4.78, 5) is 15.8. The second-order valence-corrected chi connectivity index (χ2v) is 8.08. The number of sulfonamides is 1. The van der Waals surface area contributed by atoms with Crippen LogP contribution in [0.5, 0.6) is 0 Å². The van der Waals surface area contributed by atoms with E-state index in [1.54, 1.807) is 0 Å². The Morgan fingerprint density at radius 2 is 2.13 bits per heavy atom. The van der Waals surface area contributed by atoms with E-state index in [1.807, 2.05) is 0 Å². The van der Waals surface area contributed by atoms with Crippen molar-refractivity contribution < 1.29 is 17.6 Å². The number of benzene rings is 1. The molecule has 1 aliphatic rings. The molecule has 1 aromatic carbocycles. The predicted octanol–water partition coefficient (Wildman–Crippen LogP) is 1.99. The first kappa shape index (κ1) is 16.0. The number of halogens is 1. The normalized spacial score (nSPS) is 15.2. The van der Waals surface area contributed by atoms with E-state index in [0.29, 0.717) is 11.6 Å². The fourth-order valence-corrected chi connectivity index (χ4v) is 5.00. The van der Waals surface area contributed by atoms with Crippen LogP contribution in [0, 0.1) is 5.82 Å². The van der Waals surface area contributed by atoms with Gasteiger partial charge in [-0.15, -0.1) is 11.3 Å². The van der Waals surface area contributed by atoms with Crippen LogP contribution in [0.15, 0.2) is 29.2 Å². The summed E-state index contributed by atoms with van der Waals surface area (Å²) in [7, 11) is -3.90. The lowest BCUT2D eigenvalue weighted by Gasteiger charge is -2.25. The smallest absolute Gasteiger partial charge is 0.246 e. The van der Waals surface area contributed by atoms with Crippen LogP contribution in [-0.4, -0.2) is 30.2 Å². The molecular weight excluding hydrogens is 341 g/mol. The summed E-state index contributed by atoms with van der Waals surface area (Å²) in [5.74, 6) is -0.992. The maximum atomic E-state index is 13.8. The number of anilines is 1. The quantitative estimate of drug-likeness (QED) is 0.913. The predicted molar refractivity (Wildman–Crippen MR) is 84.1 cm³/mol. The Balaban J connectivity index is 1.88. The monoisotopic (exact) mass is 355 g/mol. The molecular formula is C14H14FN3O3S2. The van der Waals surface area contributed by atoms with Gasteiger partial charge < -0.3 is 5.32 Å². The van der Waals surface area contributed by atoms with E-state index in [0.717, 1.165) is 16.6 Å². The highest BCUT2D eigenvalue weighted by Gasteiger charge is 2.32. The summed E-state index contributed by atoms with van der Waals surface area (Å²) in [6, 6.07) is 5.33. The summed E-state index contributed by atoms with van der Waals surface area (Å²) >= 11 is 1.24. The molecule has 0 atom stereocenters. The number of nitrogens with zero attached hydrogens (tertiary/aromatic N) is 2. The van der Waals surface area contributed by atoms with E-state index in [2.05, 4.69) is 10.3 Å². The third kappa shape index (κ3) is 3.12. The first-order valence-corrected chi connectivity index (χ1v) is 9.14. The average Bonchev–Trinajstić information content (AvgIpc) is 2.87. The number of thiazole rings is 1. The number of hydrogen-bond donors (Lipinski definition) is 1. The minimum atomic E-state index is -3.90. The third-order valence-corrected chi connectivity index (χ3v) is 6.31. The molecule has 0 radical (unpaired) electrons. The number of carbonyl (C=O) groups is 1. The fourth-order valence-electron chi connectivity index (χ4n) is 2.37. The summed E-state index contributed by atoms with van der Waals surface area (Å²) < 4.78 is 40.3. The molecule has 3 rings (SSSR count). The van der Waals surface area contributed by atoms with Gasteiger partial charge in [-0.1, -0.05) is 12.1 Å². The highest BCUT2D eigenvalue weighted by molar-refractivity contribution is 7.89. The van der Waals surface area contributed by atoms with Gasteiger partial charge in [0.15, 0.2) is 5.13 Å². The summed E-state index contributed by atoms with van der Waals surface area (Å²) in [5.41, 5.74) is 0.777. The number of rotatable bonds is 3. The molecule has 0 saturated heterocycles. The fraction of sp³-hybridized carbons (Fsp3) is 0.286. The van der Waals surface area contributed by atoms with Crippen molar-refractivity contribution in [3.63, 3.8) is 0 Å². The van der Waals surface area contributed by atoms with E-state index < -0.39 is 15.8 Å². The zero-order valence-electron chi connectivity index (χ0n) is 12.2. The van der Waals surface area contributed by atoms with Gasteiger partial charge in [-0.3, -0.25) is 4.79 Å². The van der Waals surface area contributed by atoms with Crippen LogP contribution >= 0.6 is 11.3 Å². The molecule has 0 saturated carbocycles. The summed E-state index contributed by atoms with van der Waals surface area (Å²) in [6.07, 6.45) is 0.430. The number of carbonyl (C=O) groups excluding carboxylic acids is 1. The van der Waals surface area contributed by atoms with Crippen molar-refractivity contribution in [2.45, 2.75) is 24.8 Å². The molecule has 0 spiro atoms. The maximum Gasteiger partial charge on any atom is 0.246 e. The van der Waals surface area contributed by atoms with Gasteiger partial charge in [0.2, 0.25) is 15.9 Å². The highest BCUT2D eigenvalue weighted by atomic mass is 32.2. The molecule has 1 amide bonds. The summed E-state index contributed by atoms with van der Waals surface area (Å²) in [6.45, 7) is 1.74. The van der Waals surface area contributed by atoms with Gasteiger partial charge in [0.25, 0.3) is 0 Å². The molecule has 1 aromatic heterocycles. The van der Waals surface area contributed by atoms with Crippen LogP contribution in [0.1, 0.15) is 17.5 Å². The highest BCUT2D eigenvalue weighted by Crippen LogP contribution is 2.31. The number of aromatic nitrogens is 1. The van der Waals surface area contributed by atoms with Gasteiger partial charge >= 0.3 is 0 Å². The maximum absolute atomic E-state index is 13.8. The molecule has 1 aliphatic heterocycles. The van der Waals surface area contributed by atoms with E-state index in [-0.39, 0.29) is 23.9 Å². The lowest BCUT2D eigenvalue weighted by molar-refractivity contribution is -0.114. The Bertz CT molecular complexity index is 864.